The van der Waals surface area contributed by atoms with Gasteiger partial charge in [0.05, 0.1) is 4.90 Å². The van der Waals surface area contributed by atoms with Crippen molar-refractivity contribution >= 4 is 22.4 Å². The predicted molar refractivity (Wildman–Crippen MR) is 78.9 cm³/mol. The second kappa shape index (κ2) is 6.85. The lowest BCUT2D eigenvalue weighted by Gasteiger charge is -2.20. The normalized spacial score (nSPS) is 22.6. The van der Waals surface area contributed by atoms with Crippen molar-refractivity contribution in [3.8, 4) is 0 Å². The molecule has 0 bridgehead atoms. The Balaban J connectivity index is 0.00000200. The molecule has 1 aliphatic carbocycles. The van der Waals surface area contributed by atoms with E-state index in [0.29, 0.717) is 12.1 Å². The summed E-state index contributed by atoms with van der Waals surface area (Å²) in [5, 5.41) is 0. The number of hydrogen-bond acceptors (Lipinski definition) is 3. The van der Waals surface area contributed by atoms with E-state index in [4.69, 9.17) is 5.73 Å². The maximum Gasteiger partial charge on any atom is 0.241 e. The minimum atomic E-state index is -3.69. The number of rotatable bonds is 4. The zero-order chi connectivity index (χ0) is 14.0. The molecule has 2 atom stereocenters. The lowest BCUT2D eigenvalue weighted by atomic mass is 10.1. The number of hydrogen-bond donors (Lipinski definition) is 2. The molecule has 2 rings (SSSR count). The highest BCUT2D eigenvalue weighted by molar-refractivity contribution is 7.89. The van der Waals surface area contributed by atoms with Gasteiger partial charge in [0.2, 0.25) is 10.0 Å². The fourth-order valence-electron chi connectivity index (χ4n) is 2.60. The smallest absolute Gasteiger partial charge is 0.241 e. The van der Waals surface area contributed by atoms with Crippen LogP contribution in [0.4, 0.5) is 4.39 Å². The number of aryl methyl sites for hydroxylation is 1. The summed E-state index contributed by atoms with van der Waals surface area (Å²) in [5.41, 5.74) is 6.18. The lowest BCUT2D eigenvalue weighted by Crippen LogP contribution is -2.40. The van der Waals surface area contributed by atoms with Gasteiger partial charge in [0.15, 0.2) is 0 Å². The van der Waals surface area contributed by atoms with Crippen molar-refractivity contribution in [2.24, 2.45) is 11.7 Å². The summed E-state index contributed by atoms with van der Waals surface area (Å²) in [6, 6.07) is 3.65. The van der Waals surface area contributed by atoms with Crippen LogP contribution in [-0.4, -0.2) is 21.0 Å². The van der Waals surface area contributed by atoms with E-state index in [1.807, 2.05) is 0 Å². The highest BCUT2D eigenvalue weighted by Crippen LogP contribution is 2.27. The van der Waals surface area contributed by atoms with E-state index in [-0.39, 0.29) is 29.3 Å². The third kappa shape index (κ3) is 3.69. The molecule has 1 aliphatic rings. The van der Waals surface area contributed by atoms with Gasteiger partial charge >= 0.3 is 0 Å². The van der Waals surface area contributed by atoms with E-state index in [0.717, 1.165) is 25.3 Å². The van der Waals surface area contributed by atoms with Crippen LogP contribution in [-0.2, 0) is 10.0 Å². The van der Waals surface area contributed by atoms with Crippen LogP contribution in [0, 0.1) is 18.7 Å². The number of nitrogens with one attached hydrogen (secondary N) is 1. The highest BCUT2D eigenvalue weighted by Gasteiger charge is 2.30. The Kier molecular flexibility index (Phi) is 5.94. The molecule has 7 heteroatoms. The molecule has 0 aromatic heterocycles. The number of halogens is 2. The Morgan fingerprint density at radius 3 is 2.75 bits per heavy atom. The van der Waals surface area contributed by atoms with Crippen LogP contribution in [0.2, 0.25) is 0 Å². The maximum atomic E-state index is 13.2. The molecule has 2 unspecified atom stereocenters. The van der Waals surface area contributed by atoms with E-state index in [1.165, 1.54) is 12.1 Å². The molecule has 0 spiro atoms. The summed E-state index contributed by atoms with van der Waals surface area (Å²) in [5.74, 6) is -0.378. The minimum absolute atomic E-state index is 0. The van der Waals surface area contributed by atoms with E-state index < -0.39 is 15.8 Å². The molecule has 1 fully saturated rings. The monoisotopic (exact) mass is 322 g/mol. The largest absolute Gasteiger partial charge is 0.330 e. The Morgan fingerprint density at radius 1 is 1.40 bits per heavy atom. The van der Waals surface area contributed by atoms with Crippen LogP contribution in [0.3, 0.4) is 0 Å². The fraction of sp³-hybridized carbons (Fsp3) is 0.538. The molecule has 0 aliphatic heterocycles. The Hall–Kier alpha value is -0.690. The minimum Gasteiger partial charge on any atom is -0.330 e. The molecule has 0 heterocycles. The average molecular weight is 323 g/mol. The van der Waals surface area contributed by atoms with Crippen molar-refractivity contribution in [2.75, 3.05) is 6.54 Å². The van der Waals surface area contributed by atoms with E-state index in [9.17, 15) is 12.8 Å². The van der Waals surface area contributed by atoms with Gasteiger partial charge in [-0.2, -0.15) is 0 Å². The van der Waals surface area contributed by atoms with Crippen LogP contribution in [0.15, 0.2) is 23.1 Å². The molecule has 1 saturated carbocycles. The number of nitrogens with two attached hydrogens (primary N) is 1. The first kappa shape index (κ1) is 17.4. The van der Waals surface area contributed by atoms with Crippen molar-refractivity contribution in [3.63, 3.8) is 0 Å². The second-order valence-corrected chi connectivity index (χ2v) is 6.75. The molecular formula is C13H20ClFN2O2S. The van der Waals surface area contributed by atoms with Gasteiger partial charge in [-0.1, -0.05) is 12.5 Å². The standard InChI is InChI=1S/C13H19FN2O2S.ClH/c1-9-5-6-11(14)7-13(9)19(17,18)16-12-4-2-3-10(12)8-15;/h5-7,10,12,16H,2-4,8,15H2,1H3;1H. The Bertz CT molecular complexity index is 565. The summed E-state index contributed by atoms with van der Waals surface area (Å²) in [6.07, 6.45) is 2.69. The second-order valence-electron chi connectivity index (χ2n) is 5.06. The van der Waals surface area contributed by atoms with Crippen molar-refractivity contribution in [1.29, 1.82) is 0 Å². The maximum absolute atomic E-state index is 13.2. The SMILES string of the molecule is Cc1ccc(F)cc1S(=O)(=O)NC1CCCC1CN.Cl. The van der Waals surface area contributed by atoms with Gasteiger partial charge in [-0.25, -0.2) is 17.5 Å². The van der Waals surface area contributed by atoms with Gasteiger partial charge in [-0.15, -0.1) is 12.4 Å². The van der Waals surface area contributed by atoms with Crippen LogP contribution in [0.5, 0.6) is 0 Å². The highest BCUT2D eigenvalue weighted by atomic mass is 35.5. The average Bonchev–Trinajstić information content (AvgIpc) is 2.78. The summed E-state index contributed by atoms with van der Waals surface area (Å²) in [7, 11) is -3.69. The topological polar surface area (TPSA) is 72.2 Å². The zero-order valence-electron chi connectivity index (χ0n) is 11.3. The van der Waals surface area contributed by atoms with Crippen molar-refractivity contribution in [2.45, 2.75) is 37.1 Å². The molecule has 1 aromatic carbocycles. The molecule has 0 saturated heterocycles. The molecule has 20 heavy (non-hydrogen) atoms. The van der Waals surface area contributed by atoms with E-state index >= 15 is 0 Å². The molecule has 0 amide bonds. The first-order valence-corrected chi connectivity index (χ1v) is 7.91. The van der Waals surface area contributed by atoms with Gasteiger partial charge in [0.25, 0.3) is 0 Å². The summed E-state index contributed by atoms with van der Waals surface area (Å²) >= 11 is 0. The number of benzene rings is 1. The van der Waals surface area contributed by atoms with Crippen LogP contribution < -0.4 is 10.5 Å². The summed E-state index contributed by atoms with van der Waals surface area (Å²) < 4.78 is 40.5. The van der Waals surface area contributed by atoms with Gasteiger partial charge in [0.1, 0.15) is 5.82 Å². The molecule has 0 radical (unpaired) electrons. The molecule has 3 N–H and O–H groups in total. The van der Waals surface area contributed by atoms with Crippen molar-refractivity contribution < 1.29 is 12.8 Å². The molecular weight excluding hydrogens is 303 g/mol. The van der Waals surface area contributed by atoms with Crippen molar-refractivity contribution in [3.05, 3.63) is 29.6 Å². The van der Waals surface area contributed by atoms with Crippen molar-refractivity contribution in [1.82, 2.24) is 4.72 Å². The van der Waals surface area contributed by atoms with Crippen LogP contribution >= 0.6 is 12.4 Å². The Morgan fingerprint density at radius 2 is 2.10 bits per heavy atom. The van der Waals surface area contributed by atoms with Gasteiger partial charge in [0, 0.05) is 6.04 Å². The predicted octanol–water partition coefficient (Wildman–Crippen LogP) is 1.96. The van der Waals surface area contributed by atoms with Gasteiger partial charge < -0.3 is 5.73 Å². The van der Waals surface area contributed by atoms with Gasteiger partial charge in [-0.3, -0.25) is 0 Å². The van der Waals surface area contributed by atoms with E-state index in [2.05, 4.69) is 4.72 Å². The van der Waals surface area contributed by atoms with E-state index in [1.54, 1.807) is 6.92 Å². The third-order valence-corrected chi connectivity index (χ3v) is 5.34. The summed E-state index contributed by atoms with van der Waals surface area (Å²) in [6.45, 7) is 2.12. The number of sulfonamides is 1. The molecule has 1 aromatic rings. The first-order valence-electron chi connectivity index (χ1n) is 6.42. The molecule has 4 nitrogen and oxygen atoms in total. The van der Waals surface area contributed by atoms with Crippen LogP contribution in [0.1, 0.15) is 24.8 Å². The van der Waals surface area contributed by atoms with Crippen LogP contribution in [0.25, 0.3) is 0 Å². The first-order chi connectivity index (χ1) is 8.94. The fourth-order valence-corrected chi connectivity index (χ4v) is 4.20. The lowest BCUT2D eigenvalue weighted by molar-refractivity contribution is 0.452. The van der Waals surface area contributed by atoms with Gasteiger partial charge in [-0.05, 0) is 49.9 Å². The quantitative estimate of drug-likeness (QED) is 0.890. The third-order valence-electron chi connectivity index (χ3n) is 3.71. The molecule has 114 valence electrons. The Labute approximate surface area is 125 Å². The summed E-state index contributed by atoms with van der Waals surface area (Å²) in [4.78, 5) is 0.00942. The zero-order valence-corrected chi connectivity index (χ0v) is 12.9.